The maximum Gasteiger partial charge on any atom is 0.241 e. The molecule has 0 radical (unpaired) electrons. The van der Waals surface area contributed by atoms with E-state index in [-0.39, 0.29) is 23.3 Å². The molecule has 1 aliphatic heterocycles. The number of nitrogens with two attached hydrogens (primary N) is 1. The number of primary amides is 1. The van der Waals surface area contributed by atoms with Gasteiger partial charge in [-0.15, -0.1) is 0 Å². The number of piperazine rings is 1. The van der Waals surface area contributed by atoms with Crippen LogP contribution in [0.15, 0.2) is 29.2 Å². The van der Waals surface area contributed by atoms with Crippen molar-refractivity contribution in [1.82, 2.24) is 9.80 Å². The van der Waals surface area contributed by atoms with Crippen molar-refractivity contribution in [3.05, 3.63) is 29.8 Å². The van der Waals surface area contributed by atoms with Crippen LogP contribution in [0.2, 0.25) is 0 Å². The normalized spacial score (nSPS) is 19.2. The molecule has 2 rings (SSSR count). The van der Waals surface area contributed by atoms with Crippen LogP contribution in [0.1, 0.15) is 19.4 Å². The van der Waals surface area contributed by atoms with E-state index >= 15 is 0 Å². The highest BCUT2D eigenvalue weighted by molar-refractivity contribution is 7.90. The lowest BCUT2D eigenvalue weighted by Crippen LogP contribution is -2.61. The molecule has 0 aromatic heterocycles. The van der Waals surface area contributed by atoms with Crippen LogP contribution in [0.5, 0.6) is 0 Å². The molecule has 0 spiro atoms. The van der Waals surface area contributed by atoms with Crippen LogP contribution in [-0.2, 0) is 25.8 Å². The summed E-state index contributed by atoms with van der Waals surface area (Å²) in [6.45, 7) is 5.66. The second-order valence-corrected chi connectivity index (χ2v) is 8.70. The van der Waals surface area contributed by atoms with Crippen molar-refractivity contribution >= 4 is 21.7 Å². The third-order valence-corrected chi connectivity index (χ3v) is 5.63. The number of hydrogen-bond acceptors (Lipinski definition) is 5. The largest absolute Gasteiger partial charge is 0.368 e. The summed E-state index contributed by atoms with van der Waals surface area (Å²) in [5.41, 5.74) is 6.19. The van der Waals surface area contributed by atoms with Gasteiger partial charge in [0.05, 0.1) is 11.3 Å². The van der Waals surface area contributed by atoms with Gasteiger partial charge in [0.1, 0.15) is 6.04 Å². The van der Waals surface area contributed by atoms with E-state index in [1.807, 2.05) is 13.8 Å². The van der Waals surface area contributed by atoms with Gasteiger partial charge < -0.3 is 10.6 Å². The van der Waals surface area contributed by atoms with Crippen molar-refractivity contribution in [3.8, 4) is 0 Å². The lowest BCUT2D eigenvalue weighted by Gasteiger charge is -2.41. The molecular formula is C17H25N3O4S. The zero-order chi connectivity index (χ0) is 18.8. The number of hydrogen-bond donors (Lipinski definition) is 1. The molecule has 8 heteroatoms. The summed E-state index contributed by atoms with van der Waals surface area (Å²) >= 11 is 0. The molecule has 25 heavy (non-hydrogen) atoms. The number of carbonyl (C=O) groups excluding carboxylic acids is 2. The van der Waals surface area contributed by atoms with Gasteiger partial charge in [-0.3, -0.25) is 14.5 Å². The number of benzene rings is 1. The summed E-state index contributed by atoms with van der Waals surface area (Å²) < 4.78 is 23.0. The first-order chi connectivity index (χ1) is 11.6. The van der Waals surface area contributed by atoms with Crippen molar-refractivity contribution in [1.29, 1.82) is 0 Å². The van der Waals surface area contributed by atoms with Gasteiger partial charge in [-0.2, -0.15) is 0 Å². The molecule has 1 unspecified atom stereocenters. The van der Waals surface area contributed by atoms with E-state index in [0.29, 0.717) is 25.2 Å². The first-order valence-corrected chi connectivity index (χ1v) is 10.1. The quantitative estimate of drug-likeness (QED) is 0.792. The van der Waals surface area contributed by atoms with Gasteiger partial charge in [0.25, 0.3) is 0 Å². The van der Waals surface area contributed by atoms with Gasteiger partial charge in [-0.1, -0.05) is 12.1 Å². The highest BCUT2D eigenvalue weighted by Gasteiger charge is 2.34. The molecule has 1 aliphatic rings. The summed E-state index contributed by atoms with van der Waals surface area (Å²) in [5, 5.41) is 0. The van der Waals surface area contributed by atoms with Gasteiger partial charge in [-0.25, -0.2) is 8.42 Å². The van der Waals surface area contributed by atoms with Crippen molar-refractivity contribution in [2.24, 2.45) is 5.73 Å². The van der Waals surface area contributed by atoms with E-state index in [4.69, 9.17) is 5.73 Å². The molecule has 1 saturated heterocycles. The average molecular weight is 367 g/mol. The minimum absolute atomic E-state index is 0.107. The van der Waals surface area contributed by atoms with E-state index < -0.39 is 21.8 Å². The zero-order valence-electron chi connectivity index (χ0n) is 14.8. The number of amides is 2. The first kappa shape index (κ1) is 19.4. The van der Waals surface area contributed by atoms with E-state index in [0.717, 1.165) is 6.26 Å². The Bertz CT molecular complexity index is 744. The molecule has 1 aromatic rings. The second kappa shape index (κ2) is 7.53. The third-order valence-electron chi connectivity index (χ3n) is 4.50. The fourth-order valence-corrected chi connectivity index (χ4v) is 3.58. The van der Waals surface area contributed by atoms with Crippen LogP contribution in [0.25, 0.3) is 0 Å². The molecule has 0 aliphatic carbocycles. The molecule has 2 N–H and O–H groups in total. The Morgan fingerprint density at radius 1 is 1.20 bits per heavy atom. The van der Waals surface area contributed by atoms with E-state index in [1.165, 1.54) is 17.0 Å². The Morgan fingerprint density at radius 3 is 2.28 bits per heavy atom. The number of sulfone groups is 1. The van der Waals surface area contributed by atoms with Crippen molar-refractivity contribution in [3.63, 3.8) is 0 Å². The van der Waals surface area contributed by atoms with E-state index in [1.54, 1.807) is 12.1 Å². The smallest absolute Gasteiger partial charge is 0.241 e. The highest BCUT2D eigenvalue weighted by atomic mass is 32.2. The van der Waals surface area contributed by atoms with Crippen LogP contribution in [0.4, 0.5) is 0 Å². The van der Waals surface area contributed by atoms with Crippen LogP contribution in [0.3, 0.4) is 0 Å². The molecule has 1 heterocycles. The SMILES string of the molecule is CC(C)N1CCN(C(=O)Cc2ccc(S(C)(=O)=O)cc2)C(C(N)=O)C1. The molecule has 7 nitrogen and oxygen atoms in total. The fraction of sp³-hybridized carbons (Fsp3) is 0.529. The standard InChI is InChI=1S/C17H25N3O4S/c1-12(2)19-8-9-20(15(11-19)17(18)22)16(21)10-13-4-6-14(7-5-13)25(3,23)24/h4-7,12,15H,8-11H2,1-3H3,(H2,18,22). The van der Waals surface area contributed by atoms with Gasteiger partial charge >= 0.3 is 0 Å². The Labute approximate surface area is 148 Å². The Kier molecular flexibility index (Phi) is 5.84. The van der Waals surface area contributed by atoms with Gasteiger partial charge in [-0.05, 0) is 31.5 Å². The predicted molar refractivity (Wildman–Crippen MR) is 94.7 cm³/mol. The van der Waals surface area contributed by atoms with Gasteiger partial charge in [0.15, 0.2) is 9.84 Å². The van der Waals surface area contributed by atoms with Crippen LogP contribution in [0, 0.1) is 0 Å². The monoisotopic (exact) mass is 367 g/mol. The molecule has 1 atom stereocenters. The fourth-order valence-electron chi connectivity index (χ4n) is 2.95. The maximum atomic E-state index is 12.6. The summed E-state index contributed by atoms with van der Waals surface area (Å²) in [6.07, 6.45) is 1.24. The molecule has 0 saturated carbocycles. The molecule has 1 fully saturated rings. The lowest BCUT2D eigenvalue weighted by molar-refractivity contribution is -0.142. The molecular weight excluding hydrogens is 342 g/mol. The Morgan fingerprint density at radius 2 is 1.80 bits per heavy atom. The molecule has 0 bridgehead atoms. The van der Waals surface area contributed by atoms with Crippen LogP contribution >= 0.6 is 0 Å². The summed E-state index contributed by atoms with van der Waals surface area (Å²) in [7, 11) is -3.26. The Hall–Kier alpha value is -1.93. The van der Waals surface area contributed by atoms with E-state index in [2.05, 4.69) is 4.90 Å². The van der Waals surface area contributed by atoms with Crippen molar-refractivity contribution in [2.75, 3.05) is 25.9 Å². The summed E-state index contributed by atoms with van der Waals surface area (Å²) in [6, 6.07) is 5.86. The zero-order valence-corrected chi connectivity index (χ0v) is 15.6. The molecule has 138 valence electrons. The van der Waals surface area contributed by atoms with Gasteiger partial charge in [0, 0.05) is 31.9 Å². The predicted octanol–water partition coefficient (Wildman–Crippen LogP) is 0.0391. The minimum Gasteiger partial charge on any atom is -0.368 e. The Balaban J connectivity index is 2.10. The molecule has 1 aromatic carbocycles. The molecule has 2 amide bonds. The van der Waals surface area contributed by atoms with Gasteiger partial charge in [0.2, 0.25) is 11.8 Å². The summed E-state index contributed by atoms with van der Waals surface area (Å²) in [5.74, 6) is -0.689. The maximum absolute atomic E-state index is 12.6. The number of rotatable bonds is 5. The van der Waals surface area contributed by atoms with Crippen molar-refractivity contribution < 1.29 is 18.0 Å². The van der Waals surface area contributed by atoms with Crippen molar-refractivity contribution in [2.45, 2.75) is 37.2 Å². The second-order valence-electron chi connectivity index (χ2n) is 6.69. The number of carbonyl (C=O) groups is 2. The van der Waals surface area contributed by atoms with E-state index in [9.17, 15) is 18.0 Å². The highest BCUT2D eigenvalue weighted by Crippen LogP contribution is 2.16. The summed E-state index contributed by atoms with van der Waals surface area (Å²) in [4.78, 5) is 28.3. The minimum atomic E-state index is -3.26. The average Bonchev–Trinajstić information content (AvgIpc) is 2.53. The third kappa shape index (κ3) is 4.79. The lowest BCUT2D eigenvalue weighted by atomic mass is 10.1. The first-order valence-electron chi connectivity index (χ1n) is 8.21. The number of nitrogens with zero attached hydrogens (tertiary/aromatic N) is 2. The topological polar surface area (TPSA) is 101 Å². The van der Waals surface area contributed by atoms with Crippen LogP contribution < -0.4 is 5.73 Å². The van der Waals surface area contributed by atoms with Crippen LogP contribution in [-0.4, -0.2) is 68.0 Å².